The summed E-state index contributed by atoms with van der Waals surface area (Å²) >= 11 is 0. The number of nitro benzene ring substituents is 1. The highest BCUT2D eigenvalue weighted by atomic mass is 32.2. The lowest BCUT2D eigenvalue weighted by atomic mass is 10.1. The number of nitrogens with one attached hydrogen (secondary N) is 1. The van der Waals surface area contributed by atoms with E-state index < -0.39 is 38.5 Å². The molecule has 0 aliphatic carbocycles. The van der Waals surface area contributed by atoms with Crippen LogP contribution >= 0.6 is 0 Å². The number of nitrogens with zero attached hydrogens (tertiary/aromatic N) is 1. The highest BCUT2D eigenvalue weighted by Gasteiger charge is 2.26. The number of phenols is 2. The van der Waals surface area contributed by atoms with Gasteiger partial charge in [0.1, 0.15) is 6.04 Å². The van der Waals surface area contributed by atoms with E-state index in [2.05, 4.69) is 0 Å². The van der Waals surface area contributed by atoms with Gasteiger partial charge in [0.25, 0.3) is 5.69 Å². The average Bonchev–Trinajstić information content (AvgIpc) is 2.57. The number of benzene rings is 2. The zero-order valence-electron chi connectivity index (χ0n) is 13.1. The van der Waals surface area contributed by atoms with Gasteiger partial charge in [-0.05, 0) is 36.2 Å². The first-order valence-electron chi connectivity index (χ1n) is 7.10. The Balaban J connectivity index is 2.23. The van der Waals surface area contributed by atoms with Crippen molar-refractivity contribution in [3.8, 4) is 11.5 Å². The number of aliphatic carboxylic acids is 1. The number of rotatable bonds is 7. The molecule has 2 rings (SSSR count). The molecule has 0 unspecified atom stereocenters. The molecule has 0 radical (unpaired) electrons. The van der Waals surface area contributed by atoms with Gasteiger partial charge in [0.05, 0.1) is 9.82 Å². The van der Waals surface area contributed by atoms with Crippen LogP contribution in [0.5, 0.6) is 11.5 Å². The van der Waals surface area contributed by atoms with Crippen LogP contribution in [-0.2, 0) is 21.2 Å². The fourth-order valence-electron chi connectivity index (χ4n) is 2.11. The Morgan fingerprint density at radius 3 is 2.23 bits per heavy atom. The zero-order valence-corrected chi connectivity index (χ0v) is 13.9. The predicted molar refractivity (Wildman–Crippen MR) is 88.3 cm³/mol. The fourth-order valence-corrected chi connectivity index (χ4v) is 3.30. The maximum Gasteiger partial charge on any atom is 0.322 e. The Kier molecular flexibility index (Phi) is 5.43. The second kappa shape index (κ2) is 7.37. The minimum absolute atomic E-state index is 0.277. The number of phenolic OH excluding ortho intramolecular Hbond substituents is 2. The number of carboxylic acids is 1. The standard InChI is InChI=1S/C15H14N2O8S/c18-13-6-1-9(8-14(13)19)7-12(15(20)21)16-26(24,25)11-4-2-10(3-5-11)17(22)23/h1-6,8,12,16,18-19H,7H2,(H,20,21)/t12-/m0/s1. The van der Waals surface area contributed by atoms with Gasteiger partial charge in [-0.1, -0.05) is 6.07 Å². The van der Waals surface area contributed by atoms with Crippen LogP contribution in [0.1, 0.15) is 5.56 Å². The Bertz CT molecular complexity index is 941. The number of carboxylic acid groups (broad SMARTS) is 1. The Labute approximate surface area is 147 Å². The lowest BCUT2D eigenvalue weighted by molar-refractivity contribution is -0.384. The second-order valence-electron chi connectivity index (χ2n) is 5.29. The first-order chi connectivity index (χ1) is 12.1. The molecule has 26 heavy (non-hydrogen) atoms. The number of sulfonamides is 1. The zero-order chi connectivity index (χ0) is 19.5. The molecule has 0 aromatic heterocycles. The van der Waals surface area contributed by atoms with Crippen molar-refractivity contribution in [2.45, 2.75) is 17.4 Å². The number of non-ortho nitro benzene ring substituents is 1. The van der Waals surface area contributed by atoms with Crippen LogP contribution in [0, 0.1) is 10.1 Å². The van der Waals surface area contributed by atoms with E-state index in [1.165, 1.54) is 6.07 Å². The molecule has 11 heteroatoms. The van der Waals surface area contributed by atoms with Gasteiger partial charge < -0.3 is 15.3 Å². The molecule has 4 N–H and O–H groups in total. The third-order valence-electron chi connectivity index (χ3n) is 3.43. The van der Waals surface area contributed by atoms with E-state index in [-0.39, 0.29) is 22.6 Å². The molecule has 0 saturated heterocycles. The van der Waals surface area contributed by atoms with E-state index in [4.69, 9.17) is 0 Å². The van der Waals surface area contributed by atoms with Gasteiger partial charge in [0.15, 0.2) is 11.5 Å². The quantitative estimate of drug-likeness (QED) is 0.312. The molecule has 10 nitrogen and oxygen atoms in total. The largest absolute Gasteiger partial charge is 0.504 e. The average molecular weight is 382 g/mol. The molecule has 0 bridgehead atoms. The minimum atomic E-state index is -4.25. The first-order valence-corrected chi connectivity index (χ1v) is 8.59. The summed E-state index contributed by atoms with van der Waals surface area (Å²) in [4.78, 5) is 21.0. The van der Waals surface area contributed by atoms with Gasteiger partial charge in [-0.15, -0.1) is 0 Å². The molecular formula is C15H14N2O8S. The molecule has 2 aromatic carbocycles. The van der Waals surface area contributed by atoms with E-state index in [9.17, 15) is 38.6 Å². The van der Waals surface area contributed by atoms with Crippen LogP contribution in [0.25, 0.3) is 0 Å². The molecule has 0 spiro atoms. The van der Waals surface area contributed by atoms with Gasteiger partial charge in [-0.3, -0.25) is 14.9 Å². The molecule has 2 aromatic rings. The van der Waals surface area contributed by atoms with E-state index in [1.54, 1.807) is 0 Å². The number of hydrogen-bond donors (Lipinski definition) is 4. The summed E-state index contributed by atoms with van der Waals surface area (Å²) in [6, 6.07) is 6.01. The van der Waals surface area contributed by atoms with Crippen molar-refractivity contribution in [2.24, 2.45) is 0 Å². The fraction of sp³-hybridized carbons (Fsp3) is 0.133. The summed E-state index contributed by atoms with van der Waals surface area (Å²) in [6.07, 6.45) is -0.296. The summed E-state index contributed by atoms with van der Waals surface area (Å²) in [5.41, 5.74) is -0.0302. The molecule has 0 aliphatic heterocycles. The molecular weight excluding hydrogens is 368 g/mol. The molecule has 0 amide bonds. The van der Waals surface area contributed by atoms with Crippen molar-refractivity contribution >= 4 is 21.7 Å². The lowest BCUT2D eigenvalue weighted by Crippen LogP contribution is -2.42. The van der Waals surface area contributed by atoms with Crippen LogP contribution in [0.2, 0.25) is 0 Å². The van der Waals surface area contributed by atoms with Gasteiger partial charge in [0, 0.05) is 12.1 Å². The van der Waals surface area contributed by atoms with E-state index in [0.29, 0.717) is 0 Å². The number of aromatic hydroxyl groups is 2. The molecule has 0 heterocycles. The monoisotopic (exact) mass is 382 g/mol. The Morgan fingerprint density at radius 1 is 1.12 bits per heavy atom. The molecule has 0 fully saturated rings. The summed E-state index contributed by atoms with van der Waals surface area (Å²) in [5.74, 6) is -2.32. The summed E-state index contributed by atoms with van der Waals surface area (Å²) in [7, 11) is -4.25. The molecule has 0 aliphatic rings. The van der Waals surface area contributed by atoms with E-state index in [0.717, 1.165) is 36.4 Å². The van der Waals surface area contributed by atoms with Crippen molar-refractivity contribution in [1.82, 2.24) is 4.72 Å². The predicted octanol–water partition coefficient (Wildman–Crippen LogP) is 0.980. The van der Waals surface area contributed by atoms with Crippen molar-refractivity contribution in [1.29, 1.82) is 0 Å². The van der Waals surface area contributed by atoms with Crippen LogP contribution < -0.4 is 4.72 Å². The van der Waals surface area contributed by atoms with E-state index in [1.807, 2.05) is 4.72 Å². The number of hydrogen-bond acceptors (Lipinski definition) is 7. The lowest BCUT2D eigenvalue weighted by Gasteiger charge is -2.15. The first kappa shape index (κ1) is 19.1. The summed E-state index contributed by atoms with van der Waals surface area (Å²) < 4.78 is 26.6. The third kappa shape index (κ3) is 4.46. The van der Waals surface area contributed by atoms with Crippen molar-refractivity contribution in [2.75, 3.05) is 0 Å². The summed E-state index contributed by atoms with van der Waals surface area (Å²) in [6.45, 7) is 0. The van der Waals surface area contributed by atoms with Crippen LogP contribution in [0.15, 0.2) is 47.4 Å². The van der Waals surface area contributed by atoms with Crippen LogP contribution in [-0.4, -0.2) is 40.7 Å². The van der Waals surface area contributed by atoms with Crippen molar-refractivity contribution < 1.29 is 33.5 Å². The van der Waals surface area contributed by atoms with Gasteiger partial charge in [0.2, 0.25) is 10.0 Å². The Hall–Kier alpha value is -3.18. The van der Waals surface area contributed by atoms with Crippen molar-refractivity contribution in [3.63, 3.8) is 0 Å². The maximum atomic E-state index is 12.3. The third-order valence-corrected chi connectivity index (χ3v) is 4.92. The molecule has 138 valence electrons. The smallest absolute Gasteiger partial charge is 0.322 e. The minimum Gasteiger partial charge on any atom is -0.504 e. The van der Waals surface area contributed by atoms with Crippen molar-refractivity contribution in [3.05, 3.63) is 58.1 Å². The second-order valence-corrected chi connectivity index (χ2v) is 7.00. The molecule has 1 atom stereocenters. The maximum absolute atomic E-state index is 12.3. The van der Waals surface area contributed by atoms with Gasteiger partial charge in [-0.25, -0.2) is 8.42 Å². The topological polar surface area (TPSA) is 167 Å². The van der Waals surface area contributed by atoms with Gasteiger partial charge in [-0.2, -0.15) is 4.72 Å². The van der Waals surface area contributed by atoms with Crippen LogP contribution in [0.3, 0.4) is 0 Å². The highest BCUT2D eigenvalue weighted by Crippen LogP contribution is 2.25. The van der Waals surface area contributed by atoms with Crippen LogP contribution in [0.4, 0.5) is 5.69 Å². The van der Waals surface area contributed by atoms with E-state index >= 15 is 0 Å². The van der Waals surface area contributed by atoms with Gasteiger partial charge >= 0.3 is 5.97 Å². The highest BCUT2D eigenvalue weighted by molar-refractivity contribution is 7.89. The Morgan fingerprint density at radius 2 is 1.73 bits per heavy atom. The normalized spacial score (nSPS) is 12.5. The molecule has 0 saturated carbocycles. The summed E-state index contributed by atoms with van der Waals surface area (Å²) in [5, 5.41) is 38.6. The number of carbonyl (C=O) groups is 1. The SMILES string of the molecule is O=C(O)[C@H](Cc1ccc(O)c(O)c1)NS(=O)(=O)c1ccc([N+](=O)[O-])cc1. The number of nitro groups is 1.